The maximum absolute atomic E-state index is 12.4. The monoisotopic (exact) mass is 377 g/mol. The first-order chi connectivity index (χ1) is 12.8. The van der Waals surface area contributed by atoms with E-state index in [0.717, 1.165) is 0 Å². The molecule has 1 amide bonds. The number of carbonyl (C=O) groups is 2. The van der Waals surface area contributed by atoms with Gasteiger partial charge in [-0.2, -0.15) is 0 Å². The molecule has 27 heavy (non-hydrogen) atoms. The molecular weight excluding hydrogens is 354 g/mol. The van der Waals surface area contributed by atoms with Gasteiger partial charge >= 0.3 is 11.6 Å². The normalized spacial score (nSPS) is 11.9. The second-order valence-electron chi connectivity index (χ2n) is 6.12. The number of amides is 1. The molecular formula is C19H23NO7. The number of rotatable bonds is 8. The van der Waals surface area contributed by atoms with Crippen molar-refractivity contribution in [2.24, 2.45) is 0 Å². The largest absolute Gasteiger partial charge is 0.493 e. The van der Waals surface area contributed by atoms with Gasteiger partial charge in [-0.05, 0) is 25.0 Å². The second-order valence-corrected chi connectivity index (χ2v) is 6.12. The smallest absolute Gasteiger partial charge is 0.340 e. The Hall–Kier alpha value is -3.03. The average Bonchev–Trinajstić information content (AvgIpc) is 2.63. The number of hydrogen-bond donors (Lipinski definition) is 2. The van der Waals surface area contributed by atoms with Gasteiger partial charge in [-0.3, -0.25) is 4.79 Å². The molecule has 0 bridgehead atoms. The molecule has 0 aliphatic rings. The zero-order valence-corrected chi connectivity index (χ0v) is 15.8. The zero-order valence-electron chi connectivity index (χ0n) is 15.8. The third-order valence-electron chi connectivity index (χ3n) is 4.34. The number of carboxylic acids is 1. The average molecular weight is 377 g/mol. The molecule has 1 aromatic carbocycles. The van der Waals surface area contributed by atoms with E-state index >= 15 is 0 Å². The van der Waals surface area contributed by atoms with Gasteiger partial charge in [0.25, 0.3) is 0 Å². The highest BCUT2D eigenvalue weighted by Gasteiger charge is 2.22. The van der Waals surface area contributed by atoms with Crippen molar-refractivity contribution in [3.8, 4) is 11.5 Å². The predicted octanol–water partition coefficient (Wildman–Crippen LogP) is 2.03. The standard InChI is InChI=1S/C19H23NO7/c1-5-6-13(18(22)23)20-17(21)8-12-10(2)11-7-15(25-3)16(26-4)9-14(11)27-19(12)24/h7,9,13H,5-6,8H2,1-4H3,(H,20,21)(H,22,23). The lowest BCUT2D eigenvalue weighted by molar-refractivity contribution is -0.141. The lowest BCUT2D eigenvalue weighted by Crippen LogP contribution is -2.41. The Morgan fingerprint density at radius 3 is 2.41 bits per heavy atom. The van der Waals surface area contributed by atoms with Gasteiger partial charge in [0.2, 0.25) is 5.91 Å². The Balaban J connectivity index is 2.39. The molecule has 0 aliphatic heterocycles. The van der Waals surface area contributed by atoms with Crippen LogP contribution in [0.2, 0.25) is 0 Å². The van der Waals surface area contributed by atoms with E-state index in [0.29, 0.717) is 40.9 Å². The van der Waals surface area contributed by atoms with Gasteiger partial charge in [-0.25, -0.2) is 9.59 Å². The van der Waals surface area contributed by atoms with Crippen molar-refractivity contribution >= 4 is 22.8 Å². The molecule has 2 aromatic rings. The van der Waals surface area contributed by atoms with Crippen LogP contribution in [0.4, 0.5) is 0 Å². The van der Waals surface area contributed by atoms with Crippen LogP contribution in [0.15, 0.2) is 21.3 Å². The van der Waals surface area contributed by atoms with Crippen molar-refractivity contribution in [3.63, 3.8) is 0 Å². The molecule has 146 valence electrons. The Morgan fingerprint density at radius 2 is 1.85 bits per heavy atom. The fraction of sp³-hybridized carbons (Fsp3) is 0.421. The van der Waals surface area contributed by atoms with Crippen LogP contribution in [0.3, 0.4) is 0 Å². The van der Waals surface area contributed by atoms with Gasteiger partial charge in [-0.1, -0.05) is 13.3 Å². The molecule has 0 spiro atoms. The van der Waals surface area contributed by atoms with Gasteiger partial charge in [0, 0.05) is 11.5 Å². The van der Waals surface area contributed by atoms with Crippen LogP contribution >= 0.6 is 0 Å². The first-order valence-corrected chi connectivity index (χ1v) is 8.52. The fourth-order valence-corrected chi connectivity index (χ4v) is 2.87. The minimum atomic E-state index is -1.11. The number of carboxylic acid groups (broad SMARTS) is 1. The van der Waals surface area contributed by atoms with Crippen LogP contribution in [0.1, 0.15) is 30.9 Å². The molecule has 0 saturated heterocycles. The molecule has 0 fully saturated rings. The van der Waals surface area contributed by atoms with Crippen molar-refractivity contribution in [1.29, 1.82) is 0 Å². The van der Waals surface area contributed by atoms with E-state index in [9.17, 15) is 14.4 Å². The molecule has 1 heterocycles. The van der Waals surface area contributed by atoms with E-state index in [1.54, 1.807) is 19.1 Å². The van der Waals surface area contributed by atoms with Crippen molar-refractivity contribution in [2.75, 3.05) is 14.2 Å². The fourth-order valence-electron chi connectivity index (χ4n) is 2.87. The number of fused-ring (bicyclic) bond motifs is 1. The molecule has 0 radical (unpaired) electrons. The highest BCUT2D eigenvalue weighted by Crippen LogP contribution is 2.33. The summed E-state index contributed by atoms with van der Waals surface area (Å²) in [5.74, 6) is -0.775. The Morgan fingerprint density at radius 1 is 1.22 bits per heavy atom. The maximum Gasteiger partial charge on any atom is 0.340 e. The number of ether oxygens (including phenoxy) is 2. The molecule has 8 nitrogen and oxygen atoms in total. The first-order valence-electron chi connectivity index (χ1n) is 8.52. The van der Waals surface area contributed by atoms with Crippen LogP contribution in [0.25, 0.3) is 11.0 Å². The third-order valence-corrected chi connectivity index (χ3v) is 4.34. The number of carbonyl (C=O) groups excluding carboxylic acids is 1. The minimum absolute atomic E-state index is 0.174. The summed E-state index contributed by atoms with van der Waals surface area (Å²) < 4.78 is 15.8. The molecule has 8 heteroatoms. The lowest BCUT2D eigenvalue weighted by atomic mass is 10.0. The minimum Gasteiger partial charge on any atom is -0.493 e. The van der Waals surface area contributed by atoms with E-state index in [4.69, 9.17) is 19.0 Å². The Bertz CT molecular complexity index is 916. The van der Waals surface area contributed by atoms with Gasteiger partial charge in [0.1, 0.15) is 11.6 Å². The summed E-state index contributed by atoms with van der Waals surface area (Å²) in [6.45, 7) is 3.53. The number of aryl methyl sites for hydroxylation is 1. The molecule has 1 atom stereocenters. The van der Waals surface area contributed by atoms with E-state index in [-0.39, 0.29) is 12.0 Å². The highest BCUT2D eigenvalue weighted by molar-refractivity contribution is 5.88. The molecule has 0 aliphatic carbocycles. The SMILES string of the molecule is CCCC(NC(=O)Cc1c(C)c2cc(OC)c(OC)cc2oc1=O)C(=O)O. The van der Waals surface area contributed by atoms with Gasteiger partial charge in [0.05, 0.1) is 26.2 Å². The van der Waals surface area contributed by atoms with Crippen molar-refractivity contribution in [2.45, 2.75) is 39.2 Å². The number of aliphatic carboxylic acids is 1. The van der Waals surface area contributed by atoms with Gasteiger partial charge in [-0.15, -0.1) is 0 Å². The van der Waals surface area contributed by atoms with Crippen LogP contribution in [-0.4, -0.2) is 37.2 Å². The molecule has 0 saturated carbocycles. The van der Waals surface area contributed by atoms with Gasteiger partial charge in [0.15, 0.2) is 11.5 Å². The van der Waals surface area contributed by atoms with E-state index in [1.807, 2.05) is 6.92 Å². The second kappa shape index (κ2) is 8.57. The van der Waals surface area contributed by atoms with E-state index < -0.39 is 23.5 Å². The number of hydrogen-bond acceptors (Lipinski definition) is 6. The summed E-state index contributed by atoms with van der Waals surface area (Å²) >= 11 is 0. The van der Waals surface area contributed by atoms with Crippen molar-refractivity contribution in [1.82, 2.24) is 5.32 Å². The van der Waals surface area contributed by atoms with E-state index in [2.05, 4.69) is 5.32 Å². The summed E-state index contributed by atoms with van der Waals surface area (Å²) in [6.07, 6.45) is 0.644. The lowest BCUT2D eigenvalue weighted by Gasteiger charge is -2.14. The number of methoxy groups -OCH3 is 2. The molecule has 2 N–H and O–H groups in total. The zero-order chi connectivity index (χ0) is 20.1. The summed E-state index contributed by atoms with van der Waals surface area (Å²) in [4.78, 5) is 35.8. The Kier molecular flexibility index (Phi) is 6.44. The molecule has 1 aromatic heterocycles. The van der Waals surface area contributed by atoms with Gasteiger partial charge < -0.3 is 24.3 Å². The summed E-state index contributed by atoms with van der Waals surface area (Å²) in [5, 5.41) is 12.2. The van der Waals surface area contributed by atoms with Crippen LogP contribution in [0, 0.1) is 6.92 Å². The maximum atomic E-state index is 12.4. The quantitative estimate of drug-likeness (QED) is 0.676. The predicted molar refractivity (Wildman–Crippen MR) is 98.5 cm³/mol. The van der Waals surface area contributed by atoms with Crippen molar-refractivity contribution < 1.29 is 28.6 Å². The number of benzene rings is 1. The van der Waals surface area contributed by atoms with Crippen LogP contribution < -0.4 is 20.4 Å². The van der Waals surface area contributed by atoms with Crippen LogP contribution in [-0.2, 0) is 16.0 Å². The van der Waals surface area contributed by atoms with Crippen LogP contribution in [0.5, 0.6) is 11.5 Å². The highest BCUT2D eigenvalue weighted by atomic mass is 16.5. The molecule has 2 rings (SSSR count). The summed E-state index contributed by atoms with van der Waals surface area (Å²) in [5.41, 5.74) is 0.408. The van der Waals surface area contributed by atoms with E-state index in [1.165, 1.54) is 14.2 Å². The summed E-state index contributed by atoms with van der Waals surface area (Å²) in [6, 6.07) is 2.23. The molecule has 1 unspecified atom stereocenters. The third kappa shape index (κ3) is 4.39. The Labute approximate surface area is 156 Å². The number of nitrogens with one attached hydrogen (secondary N) is 1. The van der Waals surface area contributed by atoms with Crippen molar-refractivity contribution in [3.05, 3.63) is 33.7 Å². The topological polar surface area (TPSA) is 115 Å². The summed E-state index contributed by atoms with van der Waals surface area (Å²) in [7, 11) is 2.97. The first kappa shape index (κ1) is 20.3.